The zero-order valence-electron chi connectivity index (χ0n) is 9.67. The summed E-state index contributed by atoms with van der Waals surface area (Å²) in [5, 5.41) is 6.89. The molecule has 1 amide bonds. The zero-order chi connectivity index (χ0) is 11.5. The number of aryl methyl sites for hydroxylation is 2. The maximum Gasteiger partial charge on any atom is 0.227 e. The van der Waals surface area contributed by atoms with Crippen LogP contribution in [-0.2, 0) is 4.79 Å². The summed E-state index contributed by atoms with van der Waals surface area (Å²) in [6, 6.07) is 0.349. The lowest BCUT2D eigenvalue weighted by Crippen LogP contribution is -2.27. The molecule has 1 fully saturated rings. The Kier molecular flexibility index (Phi) is 3.56. The second-order valence-electron chi connectivity index (χ2n) is 4.21. The molecule has 2 N–H and O–H groups in total. The molecular weight excluding hydrogens is 222 g/mol. The maximum atomic E-state index is 11.7. The van der Waals surface area contributed by atoms with Crippen LogP contribution in [0.1, 0.15) is 29.8 Å². The van der Waals surface area contributed by atoms with Gasteiger partial charge in [-0.3, -0.25) is 4.79 Å². The molecule has 5 heteroatoms. The minimum Gasteiger partial charge on any atom is -0.313 e. The van der Waals surface area contributed by atoms with Gasteiger partial charge in [0.25, 0.3) is 0 Å². The Balaban J connectivity index is 1.86. The van der Waals surface area contributed by atoms with Gasteiger partial charge in [0, 0.05) is 17.3 Å². The van der Waals surface area contributed by atoms with Crippen LogP contribution in [0.4, 0.5) is 5.13 Å². The average molecular weight is 239 g/mol. The Labute approximate surface area is 99.5 Å². The first-order chi connectivity index (χ1) is 7.65. The van der Waals surface area contributed by atoms with E-state index in [9.17, 15) is 4.79 Å². The highest BCUT2D eigenvalue weighted by Gasteiger charge is 2.18. The van der Waals surface area contributed by atoms with Crippen molar-refractivity contribution in [2.24, 2.45) is 0 Å². The molecule has 2 heterocycles. The van der Waals surface area contributed by atoms with Crippen LogP contribution in [0.2, 0.25) is 0 Å². The van der Waals surface area contributed by atoms with E-state index >= 15 is 0 Å². The average Bonchev–Trinajstić information content (AvgIpc) is 2.78. The molecule has 1 saturated heterocycles. The van der Waals surface area contributed by atoms with Gasteiger partial charge in [0.1, 0.15) is 0 Å². The number of rotatable bonds is 3. The molecule has 0 radical (unpaired) electrons. The number of amides is 1. The van der Waals surface area contributed by atoms with Crippen LogP contribution in [0.3, 0.4) is 0 Å². The predicted molar refractivity (Wildman–Crippen MR) is 65.9 cm³/mol. The summed E-state index contributed by atoms with van der Waals surface area (Å²) in [4.78, 5) is 17.2. The quantitative estimate of drug-likeness (QED) is 0.846. The lowest BCUT2D eigenvalue weighted by molar-refractivity contribution is -0.116. The van der Waals surface area contributed by atoms with Gasteiger partial charge in [-0.05, 0) is 33.2 Å². The second kappa shape index (κ2) is 4.93. The van der Waals surface area contributed by atoms with Gasteiger partial charge in [-0.1, -0.05) is 0 Å². The van der Waals surface area contributed by atoms with E-state index in [0.29, 0.717) is 12.5 Å². The highest BCUT2D eigenvalue weighted by Crippen LogP contribution is 2.21. The number of nitrogens with zero attached hydrogens (tertiary/aromatic N) is 1. The molecule has 88 valence electrons. The van der Waals surface area contributed by atoms with Crippen LogP contribution in [0.15, 0.2) is 0 Å². The smallest absolute Gasteiger partial charge is 0.227 e. The van der Waals surface area contributed by atoms with Crippen molar-refractivity contribution in [1.82, 2.24) is 10.3 Å². The summed E-state index contributed by atoms with van der Waals surface area (Å²) in [5.74, 6) is 0.0631. The molecule has 0 bridgehead atoms. The fourth-order valence-electron chi connectivity index (χ4n) is 1.85. The number of carbonyl (C=O) groups excluding carboxylic acids is 1. The molecule has 0 aliphatic carbocycles. The van der Waals surface area contributed by atoms with E-state index in [-0.39, 0.29) is 5.91 Å². The summed E-state index contributed by atoms with van der Waals surface area (Å²) >= 11 is 1.54. The number of anilines is 1. The van der Waals surface area contributed by atoms with Gasteiger partial charge in [0.2, 0.25) is 5.91 Å². The Hall–Kier alpha value is -0.940. The van der Waals surface area contributed by atoms with Crippen molar-refractivity contribution in [2.45, 2.75) is 39.2 Å². The van der Waals surface area contributed by atoms with Crippen LogP contribution in [0, 0.1) is 13.8 Å². The van der Waals surface area contributed by atoms with Gasteiger partial charge in [-0.25, -0.2) is 4.98 Å². The van der Waals surface area contributed by atoms with E-state index in [2.05, 4.69) is 15.6 Å². The number of aromatic nitrogens is 1. The van der Waals surface area contributed by atoms with Gasteiger partial charge in [-0.15, -0.1) is 11.3 Å². The minimum atomic E-state index is 0.0631. The predicted octanol–water partition coefficient (Wildman–Crippen LogP) is 1.84. The summed E-state index contributed by atoms with van der Waals surface area (Å²) in [6.07, 6.45) is 2.83. The molecule has 1 aliphatic heterocycles. The third kappa shape index (κ3) is 2.80. The standard InChI is InChI=1S/C11H17N3OS/c1-7-8(2)16-11(13-7)14-10(15)6-9-4-3-5-12-9/h9,12H,3-6H2,1-2H3,(H,13,14,15). The van der Waals surface area contributed by atoms with Gasteiger partial charge < -0.3 is 10.6 Å². The molecule has 1 atom stereocenters. The molecule has 1 aliphatic rings. The Bertz CT molecular complexity index is 363. The summed E-state index contributed by atoms with van der Waals surface area (Å²) in [5.41, 5.74) is 0.999. The highest BCUT2D eigenvalue weighted by molar-refractivity contribution is 7.15. The fraction of sp³-hybridized carbons (Fsp3) is 0.636. The van der Waals surface area contributed by atoms with Crippen molar-refractivity contribution in [3.63, 3.8) is 0 Å². The molecule has 16 heavy (non-hydrogen) atoms. The van der Waals surface area contributed by atoms with Crippen molar-refractivity contribution < 1.29 is 4.79 Å². The first-order valence-electron chi connectivity index (χ1n) is 5.62. The van der Waals surface area contributed by atoms with E-state index in [1.54, 1.807) is 0 Å². The molecule has 4 nitrogen and oxygen atoms in total. The zero-order valence-corrected chi connectivity index (χ0v) is 10.5. The van der Waals surface area contributed by atoms with E-state index in [0.717, 1.165) is 28.7 Å². The van der Waals surface area contributed by atoms with Crippen LogP contribution in [-0.4, -0.2) is 23.5 Å². The second-order valence-corrected chi connectivity index (χ2v) is 5.41. The highest BCUT2D eigenvalue weighted by atomic mass is 32.1. The molecule has 1 aromatic rings. The Morgan fingerprint density at radius 1 is 1.62 bits per heavy atom. The maximum absolute atomic E-state index is 11.7. The normalized spacial score (nSPS) is 20.0. The molecule has 1 aromatic heterocycles. The van der Waals surface area contributed by atoms with Crippen LogP contribution in [0.25, 0.3) is 0 Å². The fourth-order valence-corrected chi connectivity index (χ4v) is 2.68. The molecular formula is C11H17N3OS. The third-order valence-corrected chi connectivity index (χ3v) is 3.86. The number of hydrogen-bond acceptors (Lipinski definition) is 4. The number of thiazole rings is 1. The number of nitrogens with one attached hydrogen (secondary N) is 2. The summed E-state index contributed by atoms with van der Waals surface area (Å²) < 4.78 is 0. The summed E-state index contributed by atoms with van der Waals surface area (Å²) in [6.45, 7) is 5.01. The molecule has 2 rings (SSSR count). The van der Waals surface area contributed by atoms with Crippen molar-refractivity contribution in [3.8, 4) is 0 Å². The van der Waals surface area contributed by atoms with Crippen molar-refractivity contribution in [2.75, 3.05) is 11.9 Å². The molecule has 0 saturated carbocycles. The topological polar surface area (TPSA) is 54.0 Å². The lowest BCUT2D eigenvalue weighted by atomic mass is 10.1. The van der Waals surface area contributed by atoms with Crippen LogP contribution < -0.4 is 10.6 Å². The molecule has 0 spiro atoms. The minimum absolute atomic E-state index is 0.0631. The van der Waals surface area contributed by atoms with Crippen LogP contribution in [0.5, 0.6) is 0 Å². The van der Waals surface area contributed by atoms with E-state index in [1.807, 2.05) is 13.8 Å². The van der Waals surface area contributed by atoms with E-state index in [1.165, 1.54) is 17.8 Å². The van der Waals surface area contributed by atoms with Crippen LogP contribution >= 0.6 is 11.3 Å². The van der Waals surface area contributed by atoms with E-state index < -0.39 is 0 Å². The lowest BCUT2D eigenvalue weighted by Gasteiger charge is -2.08. The Morgan fingerprint density at radius 2 is 2.44 bits per heavy atom. The van der Waals surface area contributed by atoms with Gasteiger partial charge >= 0.3 is 0 Å². The van der Waals surface area contributed by atoms with Gasteiger partial charge in [0.15, 0.2) is 5.13 Å². The van der Waals surface area contributed by atoms with Crippen molar-refractivity contribution in [1.29, 1.82) is 0 Å². The Morgan fingerprint density at radius 3 is 3.00 bits per heavy atom. The molecule has 1 unspecified atom stereocenters. The van der Waals surface area contributed by atoms with Gasteiger partial charge in [0.05, 0.1) is 5.69 Å². The summed E-state index contributed by atoms with van der Waals surface area (Å²) in [7, 11) is 0. The SMILES string of the molecule is Cc1nc(NC(=O)CC2CCCN2)sc1C. The molecule has 0 aromatic carbocycles. The third-order valence-electron chi connectivity index (χ3n) is 2.87. The van der Waals surface area contributed by atoms with Crippen molar-refractivity contribution in [3.05, 3.63) is 10.6 Å². The monoisotopic (exact) mass is 239 g/mol. The van der Waals surface area contributed by atoms with E-state index in [4.69, 9.17) is 0 Å². The number of hydrogen-bond donors (Lipinski definition) is 2. The first-order valence-corrected chi connectivity index (χ1v) is 6.44. The van der Waals surface area contributed by atoms with Crippen molar-refractivity contribution >= 4 is 22.4 Å². The largest absolute Gasteiger partial charge is 0.313 e. The number of carbonyl (C=O) groups is 1. The first kappa shape index (κ1) is 11.5. The van der Waals surface area contributed by atoms with Gasteiger partial charge in [-0.2, -0.15) is 0 Å².